The van der Waals surface area contributed by atoms with Crippen LogP contribution in [0.25, 0.3) is 0 Å². The summed E-state index contributed by atoms with van der Waals surface area (Å²) in [6.45, 7) is 7.04. The first-order valence-electron chi connectivity index (χ1n) is 5.12. The highest BCUT2D eigenvalue weighted by molar-refractivity contribution is 5.87. The summed E-state index contributed by atoms with van der Waals surface area (Å²) in [5, 5.41) is 11.6. The van der Waals surface area contributed by atoms with E-state index in [0.29, 0.717) is 0 Å². The number of hydrogen-bond donors (Lipinski definition) is 0. The average molecular weight is 249 g/mol. The van der Waals surface area contributed by atoms with Gasteiger partial charge in [0.2, 0.25) is 0 Å². The highest BCUT2D eigenvalue weighted by Crippen LogP contribution is 2.42. The first-order valence-corrected chi connectivity index (χ1v) is 5.12. The molecule has 6 heteroatoms. The van der Waals surface area contributed by atoms with Crippen molar-refractivity contribution in [2.24, 2.45) is 0 Å². The van der Waals surface area contributed by atoms with Crippen LogP contribution in [0.5, 0.6) is 0 Å². The molecular weight excluding hydrogens is 234 g/mol. The summed E-state index contributed by atoms with van der Waals surface area (Å²) in [6.07, 6.45) is -4.77. The van der Waals surface area contributed by atoms with Gasteiger partial charge in [-0.1, -0.05) is 13.5 Å². The van der Waals surface area contributed by atoms with Gasteiger partial charge in [-0.3, -0.25) is 0 Å². The van der Waals surface area contributed by atoms with Gasteiger partial charge in [0.05, 0.1) is 6.42 Å². The molecule has 1 aliphatic rings. The van der Waals surface area contributed by atoms with Gasteiger partial charge in [0.15, 0.2) is 0 Å². The van der Waals surface area contributed by atoms with E-state index in [9.17, 15) is 18.7 Å². The van der Waals surface area contributed by atoms with Crippen LogP contribution < -0.4 is 5.11 Å². The quantitative estimate of drug-likeness (QED) is 0.547. The lowest BCUT2D eigenvalue weighted by molar-refractivity contribution is -0.598. The second-order valence-corrected chi connectivity index (χ2v) is 4.85. The summed E-state index contributed by atoms with van der Waals surface area (Å²) >= 11 is 0. The fourth-order valence-electron chi connectivity index (χ4n) is 1.95. The van der Waals surface area contributed by atoms with E-state index < -0.39 is 29.9 Å². The number of rotatable bonds is 2. The Bertz CT molecular complexity index is 333. The normalized spacial score (nSPS) is 36.4. The molecule has 2 atom stereocenters. The smallest absolute Gasteiger partial charge is 0.358 e. The molecule has 0 aromatic rings. The molecule has 0 aromatic carbocycles. The van der Waals surface area contributed by atoms with E-state index in [1.165, 1.54) is 13.8 Å². The molecule has 0 spiro atoms. The number of carbonyl (C=O) groups is 1. The zero-order valence-electron chi connectivity index (χ0n) is 10.0. The third-order valence-corrected chi connectivity index (χ3v) is 2.33. The Hall–Kier alpha value is -1.01. The number of carbonyl (C=O) groups excluding carboxylic acids is 1. The number of hydrogen-bond acceptors (Lipinski definition) is 4. The molecule has 0 amide bonds. The monoisotopic (exact) mass is 249 g/mol. The maximum atomic E-state index is 13.2. The van der Waals surface area contributed by atoms with Crippen LogP contribution in [0.2, 0.25) is 0 Å². The molecule has 0 saturated carbocycles. The van der Waals surface area contributed by atoms with E-state index in [2.05, 4.69) is 11.3 Å². The van der Waals surface area contributed by atoms with Crippen molar-refractivity contribution in [1.29, 1.82) is 0 Å². The first-order chi connectivity index (χ1) is 7.45. The summed E-state index contributed by atoms with van der Waals surface area (Å²) in [5.41, 5.74) is -1.46. The zero-order chi connectivity index (χ0) is 13.5. The molecule has 98 valence electrons. The molecule has 1 aliphatic heterocycles. The third kappa shape index (κ3) is 3.74. The predicted octanol–water partition coefficient (Wildman–Crippen LogP) is 1.34. The molecule has 17 heavy (non-hydrogen) atoms. The maximum absolute atomic E-state index is 13.2. The van der Waals surface area contributed by atoms with Crippen molar-refractivity contribution in [1.82, 2.24) is 0 Å². The summed E-state index contributed by atoms with van der Waals surface area (Å²) in [7, 11) is 0. The summed E-state index contributed by atoms with van der Waals surface area (Å²) in [6, 6.07) is 0. The lowest BCUT2D eigenvalue weighted by atomic mass is 9.89. The van der Waals surface area contributed by atoms with E-state index in [1.807, 2.05) is 0 Å². The number of halogens is 2. The molecule has 0 N–H and O–H groups in total. The summed E-state index contributed by atoms with van der Waals surface area (Å²) in [4.78, 5) is 11.3. The molecule has 1 heterocycles. The van der Waals surface area contributed by atoms with Crippen LogP contribution in [0.15, 0.2) is 12.2 Å². The number of ether oxygens (including phenoxy) is 2. The Balaban J connectivity index is 2.88. The van der Waals surface area contributed by atoms with Crippen LogP contribution in [-0.4, -0.2) is 23.5 Å². The molecular formula is C11H15F2O4-. The van der Waals surface area contributed by atoms with Gasteiger partial charge in [-0.15, -0.1) is 0 Å². The summed E-state index contributed by atoms with van der Waals surface area (Å²) in [5.74, 6) is -3.08. The molecule has 2 unspecified atom stereocenters. The number of alkyl halides is 2. The van der Waals surface area contributed by atoms with Gasteiger partial charge >= 0.3 is 12.1 Å². The van der Waals surface area contributed by atoms with Crippen LogP contribution in [0.3, 0.4) is 0 Å². The van der Waals surface area contributed by atoms with Crippen LogP contribution in [0.1, 0.15) is 33.6 Å². The van der Waals surface area contributed by atoms with Crippen molar-refractivity contribution in [3.63, 3.8) is 0 Å². The van der Waals surface area contributed by atoms with Gasteiger partial charge < -0.3 is 14.6 Å². The lowest BCUT2D eigenvalue weighted by Crippen LogP contribution is -2.60. The van der Waals surface area contributed by atoms with Gasteiger partial charge in [0.1, 0.15) is 5.60 Å². The molecule has 0 bridgehead atoms. The Morgan fingerprint density at radius 2 is 1.94 bits per heavy atom. The van der Waals surface area contributed by atoms with E-state index in [4.69, 9.17) is 4.74 Å². The van der Waals surface area contributed by atoms with Gasteiger partial charge in [0.25, 0.3) is 0 Å². The van der Waals surface area contributed by atoms with Crippen LogP contribution >= 0.6 is 0 Å². The molecule has 4 nitrogen and oxygen atoms in total. The van der Waals surface area contributed by atoms with Crippen LogP contribution in [-0.2, 0) is 14.3 Å². The fraction of sp³-hybridized carbons (Fsp3) is 0.727. The van der Waals surface area contributed by atoms with Crippen LogP contribution in [0, 0.1) is 0 Å². The second kappa shape index (κ2) is 4.03. The fourth-order valence-corrected chi connectivity index (χ4v) is 1.95. The Morgan fingerprint density at radius 3 is 2.35 bits per heavy atom. The van der Waals surface area contributed by atoms with Crippen molar-refractivity contribution >= 4 is 5.97 Å². The van der Waals surface area contributed by atoms with Crippen LogP contribution in [0.4, 0.5) is 8.78 Å². The highest BCUT2D eigenvalue weighted by atomic mass is 19.3. The number of esters is 1. The standard InChI is InChI=1S/C11H15F2O4/c1-7(2)8(14)16-9(3)5-10(4,15)17-11(12,13)6-9/h1,5-6H2,2-4H3/q-1. The Morgan fingerprint density at radius 1 is 1.41 bits per heavy atom. The van der Waals surface area contributed by atoms with Gasteiger partial charge in [0, 0.05) is 17.8 Å². The van der Waals surface area contributed by atoms with Crippen molar-refractivity contribution in [3.8, 4) is 0 Å². The highest BCUT2D eigenvalue weighted by Gasteiger charge is 2.51. The minimum absolute atomic E-state index is 0.0913. The van der Waals surface area contributed by atoms with Gasteiger partial charge in [-0.05, 0) is 13.8 Å². The SMILES string of the molecule is C=C(C)C(=O)OC1(C)CC(C)([O-])OC(F)(F)C1. The maximum Gasteiger partial charge on any atom is 0.358 e. The van der Waals surface area contributed by atoms with Crippen molar-refractivity contribution in [2.75, 3.05) is 0 Å². The molecule has 1 rings (SSSR count). The summed E-state index contributed by atoms with van der Waals surface area (Å²) < 4.78 is 35.4. The Kier molecular flexibility index (Phi) is 3.33. The second-order valence-electron chi connectivity index (χ2n) is 4.85. The largest absolute Gasteiger partial charge is 0.828 e. The topological polar surface area (TPSA) is 58.6 Å². The molecule has 1 saturated heterocycles. The zero-order valence-corrected chi connectivity index (χ0v) is 10.0. The Labute approximate surface area is 98.2 Å². The van der Waals surface area contributed by atoms with Crippen molar-refractivity contribution in [3.05, 3.63) is 12.2 Å². The average Bonchev–Trinajstić information content (AvgIpc) is 1.94. The van der Waals surface area contributed by atoms with E-state index in [1.54, 1.807) is 0 Å². The third-order valence-electron chi connectivity index (χ3n) is 2.33. The first kappa shape index (κ1) is 14.1. The minimum atomic E-state index is -3.60. The predicted molar refractivity (Wildman–Crippen MR) is 53.0 cm³/mol. The molecule has 0 radical (unpaired) electrons. The van der Waals surface area contributed by atoms with Gasteiger partial charge in [-0.2, -0.15) is 8.78 Å². The molecule has 0 aromatic heterocycles. The van der Waals surface area contributed by atoms with Crippen molar-refractivity contribution in [2.45, 2.75) is 51.1 Å². The minimum Gasteiger partial charge on any atom is -0.828 e. The van der Waals surface area contributed by atoms with Gasteiger partial charge in [-0.25, -0.2) is 4.79 Å². The lowest BCUT2D eigenvalue weighted by Gasteiger charge is -2.50. The molecule has 0 aliphatic carbocycles. The molecule has 1 fully saturated rings. The van der Waals surface area contributed by atoms with E-state index in [0.717, 1.165) is 6.92 Å². The van der Waals surface area contributed by atoms with Crippen molar-refractivity contribution < 1.29 is 28.2 Å². The van der Waals surface area contributed by atoms with E-state index >= 15 is 0 Å². The van der Waals surface area contributed by atoms with E-state index in [-0.39, 0.29) is 12.0 Å².